The van der Waals surface area contributed by atoms with Crippen LogP contribution in [0.25, 0.3) is 0 Å². The summed E-state index contributed by atoms with van der Waals surface area (Å²) in [6.07, 6.45) is 0. The number of nitrogens with one attached hydrogen (secondary N) is 1. The fraction of sp³-hybridized carbons (Fsp3) is 0.294. The summed E-state index contributed by atoms with van der Waals surface area (Å²) < 4.78 is 10.7. The molecule has 0 amide bonds. The van der Waals surface area contributed by atoms with E-state index < -0.39 is 0 Å². The molecule has 0 aliphatic carbocycles. The first-order valence-corrected chi connectivity index (χ1v) is 6.80. The summed E-state index contributed by atoms with van der Waals surface area (Å²) in [4.78, 5) is 0. The standard InChI is InChI=1S/C17H21NO2/c1-4-18-17(13-9-11-14(19-2)12-10-13)15-7-5-6-8-16(15)20-3/h5-12,17-18H,4H2,1-3H3. The third-order valence-electron chi connectivity index (χ3n) is 3.31. The van der Waals surface area contributed by atoms with Crippen LogP contribution in [-0.4, -0.2) is 20.8 Å². The number of rotatable bonds is 6. The fourth-order valence-corrected chi connectivity index (χ4v) is 2.31. The molecule has 0 saturated carbocycles. The van der Waals surface area contributed by atoms with Crippen molar-refractivity contribution in [3.05, 3.63) is 59.7 Å². The molecule has 1 atom stereocenters. The Morgan fingerprint density at radius 2 is 1.65 bits per heavy atom. The second-order valence-corrected chi connectivity index (χ2v) is 4.51. The molecule has 0 heterocycles. The van der Waals surface area contributed by atoms with E-state index in [-0.39, 0.29) is 6.04 Å². The molecule has 0 bridgehead atoms. The van der Waals surface area contributed by atoms with Crippen LogP contribution in [-0.2, 0) is 0 Å². The molecule has 0 radical (unpaired) electrons. The van der Waals surface area contributed by atoms with Crippen molar-refractivity contribution in [1.82, 2.24) is 5.32 Å². The van der Waals surface area contributed by atoms with E-state index in [0.29, 0.717) is 0 Å². The fourth-order valence-electron chi connectivity index (χ4n) is 2.31. The zero-order valence-corrected chi connectivity index (χ0v) is 12.2. The van der Waals surface area contributed by atoms with Gasteiger partial charge in [0.05, 0.1) is 20.3 Å². The minimum atomic E-state index is 0.113. The van der Waals surface area contributed by atoms with Gasteiger partial charge in [-0.1, -0.05) is 37.3 Å². The maximum Gasteiger partial charge on any atom is 0.123 e. The summed E-state index contributed by atoms with van der Waals surface area (Å²) in [5.41, 5.74) is 2.33. The normalized spacial score (nSPS) is 11.9. The van der Waals surface area contributed by atoms with Crippen molar-refractivity contribution in [3.8, 4) is 11.5 Å². The predicted octanol–water partition coefficient (Wildman–Crippen LogP) is 3.40. The maximum atomic E-state index is 5.47. The predicted molar refractivity (Wildman–Crippen MR) is 81.5 cm³/mol. The molecule has 0 fully saturated rings. The van der Waals surface area contributed by atoms with Crippen molar-refractivity contribution in [3.63, 3.8) is 0 Å². The van der Waals surface area contributed by atoms with E-state index in [0.717, 1.165) is 23.6 Å². The average Bonchev–Trinajstić information content (AvgIpc) is 2.53. The minimum absolute atomic E-state index is 0.113. The quantitative estimate of drug-likeness (QED) is 0.873. The second kappa shape index (κ2) is 6.96. The molecule has 3 heteroatoms. The minimum Gasteiger partial charge on any atom is -0.497 e. The van der Waals surface area contributed by atoms with Gasteiger partial charge in [0.15, 0.2) is 0 Å². The average molecular weight is 271 g/mol. The Morgan fingerprint density at radius 1 is 0.950 bits per heavy atom. The smallest absolute Gasteiger partial charge is 0.123 e. The number of hydrogen-bond donors (Lipinski definition) is 1. The van der Waals surface area contributed by atoms with E-state index in [9.17, 15) is 0 Å². The van der Waals surface area contributed by atoms with Gasteiger partial charge in [-0.15, -0.1) is 0 Å². The largest absolute Gasteiger partial charge is 0.497 e. The summed E-state index contributed by atoms with van der Waals surface area (Å²) in [6, 6.07) is 16.3. The number of ether oxygens (including phenoxy) is 2. The van der Waals surface area contributed by atoms with E-state index in [1.165, 1.54) is 5.56 Å². The van der Waals surface area contributed by atoms with Gasteiger partial charge in [0, 0.05) is 5.56 Å². The monoisotopic (exact) mass is 271 g/mol. The van der Waals surface area contributed by atoms with Gasteiger partial charge in [0.25, 0.3) is 0 Å². The lowest BCUT2D eigenvalue weighted by atomic mass is 9.97. The number of benzene rings is 2. The van der Waals surface area contributed by atoms with Gasteiger partial charge < -0.3 is 14.8 Å². The summed E-state index contributed by atoms with van der Waals surface area (Å²) in [5.74, 6) is 1.76. The van der Waals surface area contributed by atoms with Gasteiger partial charge in [0.1, 0.15) is 11.5 Å². The van der Waals surface area contributed by atoms with Gasteiger partial charge in [-0.3, -0.25) is 0 Å². The van der Waals surface area contributed by atoms with Crippen molar-refractivity contribution in [2.45, 2.75) is 13.0 Å². The van der Waals surface area contributed by atoms with Crippen LogP contribution < -0.4 is 14.8 Å². The molecular formula is C17H21NO2. The van der Waals surface area contributed by atoms with Crippen LogP contribution in [0.1, 0.15) is 24.1 Å². The Bertz CT molecular complexity index is 537. The number of hydrogen-bond acceptors (Lipinski definition) is 3. The van der Waals surface area contributed by atoms with E-state index in [4.69, 9.17) is 9.47 Å². The topological polar surface area (TPSA) is 30.5 Å². The molecule has 0 spiro atoms. The SMILES string of the molecule is CCNC(c1ccc(OC)cc1)c1ccccc1OC. The lowest BCUT2D eigenvalue weighted by molar-refractivity contribution is 0.404. The molecule has 0 saturated heterocycles. The van der Waals surface area contributed by atoms with Crippen LogP contribution in [0, 0.1) is 0 Å². The molecule has 0 aliphatic heterocycles. The molecule has 106 valence electrons. The summed E-state index contributed by atoms with van der Waals surface area (Å²) in [7, 11) is 3.38. The molecule has 0 aromatic heterocycles. The van der Waals surface area contributed by atoms with Gasteiger partial charge in [0.2, 0.25) is 0 Å². The molecule has 2 rings (SSSR count). The van der Waals surface area contributed by atoms with E-state index >= 15 is 0 Å². The van der Waals surface area contributed by atoms with Crippen LogP contribution in [0.5, 0.6) is 11.5 Å². The first-order chi connectivity index (χ1) is 9.80. The van der Waals surface area contributed by atoms with Crippen LogP contribution in [0.3, 0.4) is 0 Å². The van der Waals surface area contributed by atoms with Gasteiger partial charge >= 0.3 is 0 Å². The van der Waals surface area contributed by atoms with Crippen LogP contribution >= 0.6 is 0 Å². The Hall–Kier alpha value is -2.00. The Kier molecular flexibility index (Phi) is 5.02. The summed E-state index contributed by atoms with van der Waals surface area (Å²) in [5, 5.41) is 3.51. The van der Waals surface area contributed by atoms with E-state index in [1.807, 2.05) is 30.3 Å². The van der Waals surface area contributed by atoms with Gasteiger partial charge in [-0.2, -0.15) is 0 Å². The molecule has 2 aromatic carbocycles. The summed E-state index contributed by atoms with van der Waals surface area (Å²) >= 11 is 0. The van der Waals surface area contributed by atoms with Crippen molar-refractivity contribution in [2.75, 3.05) is 20.8 Å². The molecule has 1 N–H and O–H groups in total. The number of para-hydroxylation sites is 1. The zero-order chi connectivity index (χ0) is 14.4. The molecule has 1 unspecified atom stereocenters. The number of methoxy groups -OCH3 is 2. The highest BCUT2D eigenvalue weighted by Crippen LogP contribution is 2.30. The van der Waals surface area contributed by atoms with E-state index in [2.05, 4.69) is 30.4 Å². The van der Waals surface area contributed by atoms with Crippen molar-refractivity contribution in [1.29, 1.82) is 0 Å². The molecule has 0 aliphatic rings. The molecular weight excluding hydrogens is 250 g/mol. The highest BCUT2D eigenvalue weighted by atomic mass is 16.5. The van der Waals surface area contributed by atoms with Gasteiger partial charge in [-0.25, -0.2) is 0 Å². The Labute approximate surface area is 120 Å². The highest BCUT2D eigenvalue weighted by molar-refractivity contribution is 5.42. The maximum absolute atomic E-state index is 5.47. The lowest BCUT2D eigenvalue weighted by Crippen LogP contribution is -2.22. The Morgan fingerprint density at radius 3 is 2.25 bits per heavy atom. The lowest BCUT2D eigenvalue weighted by Gasteiger charge is -2.21. The molecule has 2 aromatic rings. The van der Waals surface area contributed by atoms with Gasteiger partial charge in [-0.05, 0) is 30.3 Å². The first-order valence-electron chi connectivity index (χ1n) is 6.80. The molecule has 3 nitrogen and oxygen atoms in total. The van der Waals surface area contributed by atoms with Crippen molar-refractivity contribution in [2.24, 2.45) is 0 Å². The van der Waals surface area contributed by atoms with E-state index in [1.54, 1.807) is 14.2 Å². The second-order valence-electron chi connectivity index (χ2n) is 4.51. The Balaban J connectivity index is 2.39. The van der Waals surface area contributed by atoms with Crippen LogP contribution in [0.4, 0.5) is 0 Å². The molecule has 20 heavy (non-hydrogen) atoms. The van der Waals surface area contributed by atoms with Crippen molar-refractivity contribution < 1.29 is 9.47 Å². The van der Waals surface area contributed by atoms with Crippen LogP contribution in [0.2, 0.25) is 0 Å². The van der Waals surface area contributed by atoms with Crippen LogP contribution in [0.15, 0.2) is 48.5 Å². The van der Waals surface area contributed by atoms with Crippen molar-refractivity contribution >= 4 is 0 Å². The summed E-state index contributed by atoms with van der Waals surface area (Å²) in [6.45, 7) is 2.99. The third kappa shape index (κ3) is 3.11. The first kappa shape index (κ1) is 14.4. The zero-order valence-electron chi connectivity index (χ0n) is 12.2. The highest BCUT2D eigenvalue weighted by Gasteiger charge is 2.16. The third-order valence-corrected chi connectivity index (χ3v) is 3.31.